The van der Waals surface area contributed by atoms with Crippen molar-refractivity contribution in [3.05, 3.63) is 76.7 Å². The number of carbonyl (C=O) groups excluding carboxylic acids is 2. The number of nitrogens with one attached hydrogen (secondary N) is 3. The number of imidazole rings is 1. The highest BCUT2D eigenvalue weighted by atomic mass is 32.1. The third kappa shape index (κ3) is 3.01. The van der Waals surface area contributed by atoms with Crippen LogP contribution in [0.4, 0.5) is 0 Å². The summed E-state index contributed by atoms with van der Waals surface area (Å²) < 4.78 is 2.12. The number of rotatable bonds is 4. The second kappa shape index (κ2) is 7.94. The van der Waals surface area contributed by atoms with Gasteiger partial charge in [-0.1, -0.05) is 25.1 Å². The predicted octanol–water partition coefficient (Wildman–Crippen LogP) is 3.19. The van der Waals surface area contributed by atoms with Crippen molar-refractivity contribution in [2.24, 2.45) is 0 Å². The summed E-state index contributed by atoms with van der Waals surface area (Å²) in [6.07, 6.45) is 4.47. The van der Waals surface area contributed by atoms with Crippen molar-refractivity contribution in [1.29, 1.82) is 0 Å². The summed E-state index contributed by atoms with van der Waals surface area (Å²) in [6, 6.07) is 9.37. The van der Waals surface area contributed by atoms with Crippen LogP contribution in [0.5, 0.6) is 0 Å². The van der Waals surface area contributed by atoms with Crippen LogP contribution in [-0.2, 0) is 22.6 Å². The SMILES string of the molecule is CCc1ncn2c1CNCC2c1nc(C2=C(c3c[nH]c4sccc34)C(=O)NC2=O)c2ccccc2n1. The molecule has 0 bridgehead atoms. The van der Waals surface area contributed by atoms with Crippen molar-refractivity contribution >= 4 is 55.4 Å². The molecule has 3 N–H and O–H groups in total. The number of hydrogen-bond acceptors (Lipinski definition) is 7. The summed E-state index contributed by atoms with van der Waals surface area (Å²) >= 11 is 1.55. The Labute approximate surface area is 209 Å². The minimum absolute atomic E-state index is 0.190. The molecule has 6 heterocycles. The Bertz CT molecular complexity index is 1740. The lowest BCUT2D eigenvalue weighted by atomic mass is 9.97. The Morgan fingerprint density at radius 1 is 1.08 bits per heavy atom. The first-order valence-electron chi connectivity index (χ1n) is 11.8. The van der Waals surface area contributed by atoms with E-state index in [1.807, 2.05) is 42.0 Å². The molecule has 10 heteroatoms. The number of aromatic nitrogens is 5. The summed E-state index contributed by atoms with van der Waals surface area (Å²) in [4.78, 5) is 45.0. The molecule has 2 aliphatic rings. The smallest absolute Gasteiger partial charge is 0.261 e. The molecule has 4 aromatic heterocycles. The number of carbonyl (C=O) groups is 2. The number of nitrogens with zero attached hydrogens (tertiary/aromatic N) is 4. The molecule has 2 amide bonds. The Kier molecular flexibility index (Phi) is 4.66. The Balaban J connectivity index is 1.49. The second-order valence-corrected chi connectivity index (χ2v) is 9.81. The molecule has 1 atom stereocenters. The molecule has 1 unspecified atom stereocenters. The van der Waals surface area contributed by atoms with Crippen molar-refractivity contribution in [1.82, 2.24) is 35.1 Å². The van der Waals surface area contributed by atoms with Crippen LogP contribution in [0.3, 0.4) is 0 Å². The van der Waals surface area contributed by atoms with E-state index in [-0.39, 0.29) is 11.6 Å². The molecule has 0 saturated carbocycles. The molecule has 2 aliphatic heterocycles. The molecule has 0 radical (unpaired) electrons. The molecule has 7 rings (SSSR count). The zero-order valence-electron chi connectivity index (χ0n) is 19.3. The van der Waals surface area contributed by atoms with Crippen molar-refractivity contribution in [3.8, 4) is 0 Å². The number of amides is 2. The average Bonchev–Trinajstić information content (AvgIpc) is 3.66. The summed E-state index contributed by atoms with van der Waals surface area (Å²) in [5.41, 5.74) is 4.64. The zero-order chi connectivity index (χ0) is 24.4. The van der Waals surface area contributed by atoms with Crippen molar-refractivity contribution < 1.29 is 9.59 Å². The molecule has 178 valence electrons. The number of aromatic amines is 1. The lowest BCUT2D eigenvalue weighted by molar-refractivity contribution is -0.122. The van der Waals surface area contributed by atoms with Gasteiger partial charge in [-0.2, -0.15) is 0 Å². The van der Waals surface area contributed by atoms with Gasteiger partial charge >= 0.3 is 0 Å². The summed E-state index contributed by atoms with van der Waals surface area (Å²) in [7, 11) is 0. The molecular weight excluding hydrogens is 474 g/mol. The first-order valence-corrected chi connectivity index (χ1v) is 12.7. The van der Waals surface area contributed by atoms with Crippen molar-refractivity contribution in [3.63, 3.8) is 0 Å². The molecule has 0 saturated heterocycles. The number of imide groups is 1. The highest BCUT2D eigenvalue weighted by Crippen LogP contribution is 2.38. The number of hydrogen-bond donors (Lipinski definition) is 3. The summed E-state index contributed by atoms with van der Waals surface area (Å²) in [6.45, 7) is 3.46. The number of fused-ring (bicyclic) bond motifs is 3. The molecule has 5 aromatic rings. The Hall–Kier alpha value is -4.15. The highest BCUT2D eigenvalue weighted by Gasteiger charge is 2.36. The van der Waals surface area contributed by atoms with Crippen LogP contribution in [-0.4, -0.2) is 42.9 Å². The number of H-pyrrole nitrogens is 1. The van der Waals surface area contributed by atoms with E-state index in [0.29, 0.717) is 34.7 Å². The van der Waals surface area contributed by atoms with E-state index in [1.165, 1.54) is 0 Å². The van der Waals surface area contributed by atoms with Crippen LogP contribution in [0.1, 0.15) is 41.4 Å². The predicted molar refractivity (Wildman–Crippen MR) is 137 cm³/mol. The lowest BCUT2D eigenvalue weighted by Crippen LogP contribution is -2.34. The van der Waals surface area contributed by atoms with Crippen molar-refractivity contribution in [2.75, 3.05) is 6.54 Å². The Morgan fingerprint density at radius 3 is 2.83 bits per heavy atom. The van der Waals surface area contributed by atoms with E-state index in [0.717, 1.165) is 40.0 Å². The molecule has 1 aromatic carbocycles. The monoisotopic (exact) mass is 495 g/mol. The normalized spacial score (nSPS) is 17.9. The largest absolute Gasteiger partial charge is 0.352 e. The second-order valence-electron chi connectivity index (χ2n) is 8.89. The van der Waals surface area contributed by atoms with Gasteiger partial charge in [0.1, 0.15) is 10.9 Å². The Morgan fingerprint density at radius 2 is 1.94 bits per heavy atom. The van der Waals surface area contributed by atoms with Crippen LogP contribution in [0, 0.1) is 0 Å². The molecule has 0 spiro atoms. The van der Waals surface area contributed by atoms with Crippen LogP contribution >= 0.6 is 11.3 Å². The van der Waals surface area contributed by atoms with Crippen LogP contribution in [0.2, 0.25) is 0 Å². The molecule has 0 fully saturated rings. The van der Waals surface area contributed by atoms with Gasteiger partial charge < -0.3 is 14.9 Å². The fourth-order valence-electron chi connectivity index (χ4n) is 5.25. The van der Waals surface area contributed by atoms with Gasteiger partial charge in [0.25, 0.3) is 11.8 Å². The maximum Gasteiger partial charge on any atom is 0.261 e. The van der Waals surface area contributed by atoms with E-state index in [4.69, 9.17) is 9.97 Å². The summed E-state index contributed by atoms with van der Waals surface area (Å²) in [5, 5.41) is 9.55. The van der Waals surface area contributed by atoms with Crippen LogP contribution < -0.4 is 10.6 Å². The van der Waals surface area contributed by atoms with Gasteiger partial charge in [-0.3, -0.25) is 14.9 Å². The van der Waals surface area contributed by atoms with Gasteiger partial charge in [0, 0.05) is 35.6 Å². The zero-order valence-corrected chi connectivity index (χ0v) is 20.1. The third-order valence-electron chi connectivity index (χ3n) is 6.94. The topological polar surface area (TPSA) is 118 Å². The number of thiophene rings is 1. The van der Waals surface area contributed by atoms with E-state index < -0.39 is 11.8 Å². The standard InChI is InChI=1S/C26H21N7O2S/c1-2-16-18-10-27-11-19(33(18)12-29-16)23-30-17-6-4-3-5-14(17)22(31-23)21-20(24(34)32-25(21)35)15-9-28-26-13(15)7-8-36-26/h3-9,12,19,27-28H,2,10-11H2,1H3,(H,32,34,35). The number of para-hydroxylation sites is 1. The van der Waals surface area contributed by atoms with E-state index in [9.17, 15) is 9.59 Å². The van der Waals surface area contributed by atoms with Gasteiger partial charge in [-0.15, -0.1) is 11.3 Å². The molecule has 36 heavy (non-hydrogen) atoms. The lowest BCUT2D eigenvalue weighted by Gasteiger charge is -2.26. The van der Waals surface area contributed by atoms with E-state index >= 15 is 0 Å². The third-order valence-corrected chi connectivity index (χ3v) is 7.79. The summed E-state index contributed by atoms with van der Waals surface area (Å²) in [5.74, 6) is -0.297. The fourth-order valence-corrected chi connectivity index (χ4v) is 6.02. The highest BCUT2D eigenvalue weighted by molar-refractivity contribution is 7.16. The first-order chi connectivity index (χ1) is 17.6. The van der Waals surface area contributed by atoms with Gasteiger partial charge in [0.15, 0.2) is 5.82 Å². The maximum atomic E-state index is 13.3. The van der Waals surface area contributed by atoms with Gasteiger partial charge in [-0.25, -0.2) is 15.0 Å². The van der Waals surface area contributed by atoms with Crippen LogP contribution in [0.25, 0.3) is 32.3 Å². The maximum absolute atomic E-state index is 13.3. The van der Waals surface area contributed by atoms with Gasteiger partial charge in [-0.05, 0) is 23.9 Å². The number of benzene rings is 1. The fraction of sp³-hybridized carbons (Fsp3) is 0.192. The van der Waals surface area contributed by atoms with Gasteiger partial charge in [0.05, 0.1) is 40.1 Å². The number of aryl methyl sites for hydroxylation is 1. The quantitative estimate of drug-likeness (QED) is 0.330. The minimum Gasteiger partial charge on any atom is -0.352 e. The van der Waals surface area contributed by atoms with Gasteiger partial charge in [0.2, 0.25) is 0 Å². The molecular formula is C26H21N7O2S. The van der Waals surface area contributed by atoms with E-state index in [2.05, 4.69) is 32.1 Å². The van der Waals surface area contributed by atoms with E-state index in [1.54, 1.807) is 17.5 Å². The van der Waals surface area contributed by atoms with Crippen molar-refractivity contribution in [2.45, 2.75) is 25.9 Å². The molecule has 9 nitrogen and oxygen atoms in total. The van der Waals surface area contributed by atoms with Crippen LogP contribution in [0.15, 0.2) is 48.2 Å². The minimum atomic E-state index is -0.451. The molecule has 0 aliphatic carbocycles. The first kappa shape index (κ1) is 21.2. The average molecular weight is 496 g/mol.